The Balaban J connectivity index is 1.94. The van der Waals surface area contributed by atoms with Crippen LogP contribution in [0.1, 0.15) is 25.3 Å². The number of methoxy groups -OCH3 is 1. The highest BCUT2D eigenvalue weighted by atomic mass is 16.5. The first-order valence-corrected chi connectivity index (χ1v) is 7.70. The number of hydrogen-bond acceptors (Lipinski definition) is 3. The zero-order valence-corrected chi connectivity index (χ0v) is 13.0. The Morgan fingerprint density at radius 2 is 1.90 bits per heavy atom. The minimum absolute atomic E-state index is 0.757. The van der Waals surface area contributed by atoms with Gasteiger partial charge in [0.05, 0.1) is 13.7 Å². The van der Waals surface area contributed by atoms with E-state index in [-0.39, 0.29) is 0 Å². The fourth-order valence-electron chi connectivity index (χ4n) is 2.40. The molecule has 0 spiro atoms. The third-order valence-corrected chi connectivity index (χ3v) is 3.58. The summed E-state index contributed by atoms with van der Waals surface area (Å²) < 4.78 is 11.1. The van der Waals surface area contributed by atoms with Gasteiger partial charge in [-0.1, -0.05) is 43.7 Å². The number of unbranched alkanes of at least 4 members (excludes halogenated alkanes) is 1. The summed E-state index contributed by atoms with van der Waals surface area (Å²) in [7, 11) is 1.72. The molecule has 114 valence electrons. The van der Waals surface area contributed by atoms with Crippen LogP contribution in [0, 0.1) is 0 Å². The highest BCUT2D eigenvalue weighted by molar-refractivity contribution is 5.87. The van der Waals surface area contributed by atoms with Crippen molar-refractivity contribution in [1.82, 2.24) is 5.32 Å². The lowest BCUT2D eigenvalue weighted by Crippen LogP contribution is -2.20. The second-order valence-electron chi connectivity index (χ2n) is 5.11. The zero-order chi connectivity index (χ0) is 14.9. The van der Waals surface area contributed by atoms with Crippen molar-refractivity contribution < 1.29 is 9.47 Å². The molecule has 0 atom stereocenters. The van der Waals surface area contributed by atoms with Gasteiger partial charge in [0.15, 0.2) is 0 Å². The molecule has 0 heterocycles. The molecule has 3 nitrogen and oxygen atoms in total. The monoisotopic (exact) mass is 287 g/mol. The van der Waals surface area contributed by atoms with Crippen molar-refractivity contribution in [3.05, 3.63) is 42.0 Å². The van der Waals surface area contributed by atoms with Gasteiger partial charge in [-0.3, -0.25) is 0 Å². The molecule has 0 radical (unpaired) electrons. The van der Waals surface area contributed by atoms with Gasteiger partial charge in [-0.25, -0.2) is 0 Å². The topological polar surface area (TPSA) is 30.5 Å². The Bertz CT molecular complexity index is 554. The lowest BCUT2D eigenvalue weighted by molar-refractivity contribution is 0.133. The molecule has 0 saturated carbocycles. The maximum absolute atomic E-state index is 5.56. The molecule has 0 unspecified atom stereocenters. The first-order chi connectivity index (χ1) is 10.4. The van der Waals surface area contributed by atoms with Gasteiger partial charge in [-0.15, -0.1) is 0 Å². The molecule has 3 heteroatoms. The molecule has 2 aromatic carbocycles. The highest BCUT2D eigenvalue weighted by Gasteiger charge is 2.07. The molecule has 1 N–H and O–H groups in total. The van der Waals surface area contributed by atoms with E-state index in [1.54, 1.807) is 7.11 Å². The van der Waals surface area contributed by atoms with Gasteiger partial charge in [-0.05, 0) is 23.3 Å². The van der Waals surface area contributed by atoms with Crippen LogP contribution in [0.4, 0.5) is 0 Å². The van der Waals surface area contributed by atoms with Gasteiger partial charge in [0.25, 0.3) is 0 Å². The van der Waals surface area contributed by atoms with E-state index in [4.69, 9.17) is 9.47 Å². The van der Waals surface area contributed by atoms with Crippen LogP contribution in [0.5, 0.6) is 5.75 Å². The van der Waals surface area contributed by atoms with Crippen molar-refractivity contribution in [3.63, 3.8) is 0 Å². The SMILES string of the molecule is CCCCOCCNCc1c(OC)ccc2ccccc12. The number of hydrogen-bond donors (Lipinski definition) is 1. The summed E-state index contributed by atoms with van der Waals surface area (Å²) in [4.78, 5) is 0. The zero-order valence-electron chi connectivity index (χ0n) is 13.0. The summed E-state index contributed by atoms with van der Waals surface area (Å²) in [6, 6.07) is 12.5. The molecule has 2 rings (SSSR count). The molecular formula is C18H25NO2. The van der Waals surface area contributed by atoms with Crippen LogP contribution in [-0.2, 0) is 11.3 Å². The first-order valence-electron chi connectivity index (χ1n) is 7.70. The van der Waals surface area contributed by atoms with Crippen molar-refractivity contribution >= 4 is 10.8 Å². The van der Waals surface area contributed by atoms with E-state index in [9.17, 15) is 0 Å². The molecular weight excluding hydrogens is 262 g/mol. The molecule has 2 aromatic rings. The van der Waals surface area contributed by atoms with Crippen LogP contribution in [0.2, 0.25) is 0 Å². The Morgan fingerprint density at radius 3 is 2.71 bits per heavy atom. The number of nitrogens with one attached hydrogen (secondary N) is 1. The van der Waals surface area contributed by atoms with Crippen molar-refractivity contribution in [2.45, 2.75) is 26.3 Å². The second kappa shape index (κ2) is 8.65. The van der Waals surface area contributed by atoms with Crippen molar-refractivity contribution in [2.24, 2.45) is 0 Å². The molecule has 0 aliphatic heterocycles. The van der Waals surface area contributed by atoms with Crippen molar-refractivity contribution in [1.29, 1.82) is 0 Å². The number of fused-ring (bicyclic) bond motifs is 1. The molecule has 0 aliphatic rings. The van der Waals surface area contributed by atoms with E-state index in [2.05, 4.69) is 42.6 Å². The van der Waals surface area contributed by atoms with Crippen molar-refractivity contribution in [2.75, 3.05) is 26.9 Å². The highest BCUT2D eigenvalue weighted by Crippen LogP contribution is 2.27. The van der Waals surface area contributed by atoms with Crippen LogP contribution < -0.4 is 10.1 Å². The van der Waals surface area contributed by atoms with E-state index in [0.717, 1.165) is 38.5 Å². The lowest BCUT2D eigenvalue weighted by atomic mass is 10.0. The van der Waals surface area contributed by atoms with E-state index in [1.165, 1.54) is 22.8 Å². The fourth-order valence-corrected chi connectivity index (χ4v) is 2.40. The molecule has 0 fully saturated rings. The third-order valence-electron chi connectivity index (χ3n) is 3.58. The molecule has 0 aliphatic carbocycles. The van der Waals surface area contributed by atoms with Gasteiger partial charge < -0.3 is 14.8 Å². The minimum atomic E-state index is 0.757. The summed E-state index contributed by atoms with van der Waals surface area (Å²) in [6.07, 6.45) is 2.32. The Kier molecular flexibility index (Phi) is 6.51. The summed E-state index contributed by atoms with van der Waals surface area (Å²) in [5.41, 5.74) is 1.21. The summed E-state index contributed by atoms with van der Waals surface area (Å²) in [5, 5.41) is 5.93. The maximum atomic E-state index is 5.56. The molecule has 0 bridgehead atoms. The summed E-state index contributed by atoms with van der Waals surface area (Å²) in [5.74, 6) is 0.938. The largest absolute Gasteiger partial charge is 0.496 e. The molecule has 21 heavy (non-hydrogen) atoms. The van der Waals surface area contributed by atoms with Crippen molar-refractivity contribution in [3.8, 4) is 5.75 Å². The van der Waals surface area contributed by atoms with E-state index >= 15 is 0 Å². The number of benzene rings is 2. The second-order valence-corrected chi connectivity index (χ2v) is 5.11. The quantitative estimate of drug-likeness (QED) is 0.712. The van der Waals surface area contributed by atoms with E-state index < -0.39 is 0 Å². The maximum Gasteiger partial charge on any atom is 0.123 e. The average molecular weight is 287 g/mol. The van der Waals surface area contributed by atoms with Crippen LogP contribution in [0.3, 0.4) is 0 Å². The van der Waals surface area contributed by atoms with Gasteiger partial charge in [0.2, 0.25) is 0 Å². The number of ether oxygens (including phenoxy) is 2. The van der Waals surface area contributed by atoms with Gasteiger partial charge in [0, 0.05) is 25.3 Å². The van der Waals surface area contributed by atoms with E-state index in [1.807, 2.05) is 6.07 Å². The van der Waals surface area contributed by atoms with Gasteiger partial charge in [0.1, 0.15) is 5.75 Å². The minimum Gasteiger partial charge on any atom is -0.496 e. The van der Waals surface area contributed by atoms with Crippen LogP contribution in [-0.4, -0.2) is 26.9 Å². The molecule has 0 aromatic heterocycles. The van der Waals surface area contributed by atoms with Gasteiger partial charge in [-0.2, -0.15) is 0 Å². The van der Waals surface area contributed by atoms with E-state index in [0.29, 0.717) is 0 Å². The summed E-state index contributed by atoms with van der Waals surface area (Å²) in [6.45, 7) is 5.44. The average Bonchev–Trinajstić information content (AvgIpc) is 2.54. The summed E-state index contributed by atoms with van der Waals surface area (Å²) >= 11 is 0. The Hall–Kier alpha value is -1.58. The standard InChI is InChI=1S/C18H25NO2/c1-3-4-12-21-13-11-19-14-17-16-8-6-5-7-15(16)9-10-18(17)20-2/h5-10,19H,3-4,11-14H2,1-2H3. The fraction of sp³-hybridized carbons (Fsp3) is 0.444. The smallest absolute Gasteiger partial charge is 0.123 e. The van der Waals surface area contributed by atoms with Gasteiger partial charge >= 0.3 is 0 Å². The predicted octanol–water partition coefficient (Wildman–Crippen LogP) is 3.75. The van der Waals surface area contributed by atoms with Crippen LogP contribution in [0.15, 0.2) is 36.4 Å². The first kappa shape index (κ1) is 15.8. The predicted molar refractivity (Wildman–Crippen MR) is 87.9 cm³/mol. The Morgan fingerprint density at radius 1 is 1.05 bits per heavy atom. The Labute approximate surface area is 127 Å². The lowest BCUT2D eigenvalue weighted by Gasteiger charge is -2.13. The van der Waals surface area contributed by atoms with Crippen LogP contribution in [0.25, 0.3) is 10.8 Å². The molecule has 0 saturated heterocycles. The van der Waals surface area contributed by atoms with Crippen LogP contribution >= 0.6 is 0 Å². The normalized spacial score (nSPS) is 11.0. The molecule has 0 amide bonds. The number of rotatable bonds is 9. The third kappa shape index (κ3) is 4.45.